The van der Waals surface area contributed by atoms with Crippen molar-refractivity contribution in [3.8, 4) is 17.0 Å². The second-order valence-electron chi connectivity index (χ2n) is 7.60. The Bertz CT molecular complexity index is 1410. The van der Waals surface area contributed by atoms with Gasteiger partial charge < -0.3 is 9.30 Å². The molecule has 0 aliphatic heterocycles. The van der Waals surface area contributed by atoms with Crippen LogP contribution < -0.4 is 9.54 Å². The van der Waals surface area contributed by atoms with Crippen molar-refractivity contribution in [1.82, 2.24) is 8.87 Å². The standard InChI is InChI=1S/C25H25N3O3S2/c1-27(2)33(29,30)23-11-7-8-20(16-23)24-18-32-25(26-21-9-5-4-6-10-21)28(24)17-19-12-14-22(31-3)15-13-19/h4-16,18H,17H2,1-3H3. The van der Waals surface area contributed by atoms with Crippen LogP contribution in [0.5, 0.6) is 5.75 Å². The molecule has 1 aromatic heterocycles. The van der Waals surface area contributed by atoms with E-state index in [1.165, 1.54) is 29.7 Å². The molecule has 1 heterocycles. The fraction of sp³-hybridized carbons (Fsp3) is 0.160. The van der Waals surface area contributed by atoms with Crippen LogP contribution in [0.3, 0.4) is 0 Å². The minimum absolute atomic E-state index is 0.258. The van der Waals surface area contributed by atoms with E-state index in [0.29, 0.717) is 6.54 Å². The highest BCUT2D eigenvalue weighted by Gasteiger charge is 2.18. The van der Waals surface area contributed by atoms with Crippen LogP contribution in [0.1, 0.15) is 5.56 Å². The molecule has 0 atom stereocenters. The molecule has 0 saturated heterocycles. The van der Waals surface area contributed by atoms with Crippen molar-refractivity contribution in [3.63, 3.8) is 0 Å². The summed E-state index contributed by atoms with van der Waals surface area (Å²) < 4.78 is 34.0. The van der Waals surface area contributed by atoms with Crippen LogP contribution in [-0.4, -0.2) is 38.5 Å². The summed E-state index contributed by atoms with van der Waals surface area (Å²) in [5.74, 6) is 0.796. The number of benzene rings is 3. The highest BCUT2D eigenvalue weighted by atomic mass is 32.2. The maximum Gasteiger partial charge on any atom is 0.242 e. The molecule has 0 aliphatic carbocycles. The molecule has 0 fully saturated rings. The van der Waals surface area contributed by atoms with Gasteiger partial charge in [0.2, 0.25) is 10.0 Å². The first-order chi connectivity index (χ1) is 15.9. The monoisotopic (exact) mass is 479 g/mol. The summed E-state index contributed by atoms with van der Waals surface area (Å²) in [6.07, 6.45) is 0. The van der Waals surface area contributed by atoms with E-state index in [2.05, 4.69) is 4.57 Å². The molecule has 0 radical (unpaired) electrons. The molecule has 0 amide bonds. The summed E-state index contributed by atoms with van der Waals surface area (Å²) >= 11 is 1.52. The van der Waals surface area contributed by atoms with Crippen LogP contribution in [0.4, 0.5) is 5.69 Å². The fourth-order valence-electron chi connectivity index (χ4n) is 3.36. The van der Waals surface area contributed by atoms with Gasteiger partial charge in [-0.15, -0.1) is 11.3 Å². The molecule has 0 unspecified atom stereocenters. The number of rotatable bonds is 7. The number of ether oxygens (including phenoxy) is 1. The van der Waals surface area contributed by atoms with Crippen LogP contribution in [0.2, 0.25) is 0 Å². The Morgan fingerprint density at radius 1 is 0.970 bits per heavy atom. The Hall–Kier alpha value is -3.20. The van der Waals surface area contributed by atoms with Crippen LogP contribution in [0.15, 0.2) is 94.1 Å². The van der Waals surface area contributed by atoms with Crippen LogP contribution >= 0.6 is 11.3 Å². The molecule has 33 heavy (non-hydrogen) atoms. The van der Waals surface area contributed by atoms with Crippen molar-refractivity contribution in [2.24, 2.45) is 4.99 Å². The molecule has 8 heteroatoms. The zero-order valence-corrected chi connectivity index (χ0v) is 20.3. The maximum absolute atomic E-state index is 12.7. The van der Waals surface area contributed by atoms with Crippen molar-refractivity contribution < 1.29 is 13.2 Å². The van der Waals surface area contributed by atoms with Crippen molar-refractivity contribution >= 4 is 27.0 Å². The Kier molecular flexibility index (Phi) is 6.78. The van der Waals surface area contributed by atoms with Gasteiger partial charge in [-0.2, -0.15) is 0 Å². The van der Waals surface area contributed by atoms with E-state index >= 15 is 0 Å². The molecule has 0 bridgehead atoms. The molecule has 6 nitrogen and oxygen atoms in total. The van der Waals surface area contributed by atoms with E-state index in [-0.39, 0.29) is 4.90 Å². The molecule has 4 aromatic rings. The third kappa shape index (κ3) is 5.08. The summed E-state index contributed by atoms with van der Waals surface area (Å²) in [6.45, 7) is 0.582. The van der Waals surface area contributed by atoms with Crippen LogP contribution in [0, 0.1) is 0 Å². The van der Waals surface area contributed by atoms with Gasteiger partial charge in [-0.05, 0) is 42.0 Å². The molecule has 0 N–H and O–H groups in total. The topological polar surface area (TPSA) is 63.9 Å². The number of hydrogen-bond acceptors (Lipinski definition) is 5. The number of nitrogens with zero attached hydrogens (tertiary/aromatic N) is 3. The van der Waals surface area contributed by atoms with Crippen molar-refractivity contribution in [1.29, 1.82) is 0 Å². The Morgan fingerprint density at radius 2 is 1.70 bits per heavy atom. The molecule has 0 saturated carbocycles. The van der Waals surface area contributed by atoms with Crippen molar-refractivity contribution in [2.75, 3.05) is 21.2 Å². The number of sulfonamides is 1. The first-order valence-corrected chi connectivity index (χ1v) is 12.6. The summed E-state index contributed by atoms with van der Waals surface area (Å²) in [4.78, 5) is 5.93. The van der Waals surface area contributed by atoms with Gasteiger partial charge in [-0.25, -0.2) is 17.7 Å². The van der Waals surface area contributed by atoms with E-state index in [1.807, 2.05) is 66.0 Å². The normalized spacial score (nSPS) is 12.3. The molecular formula is C25H25N3O3S2. The highest BCUT2D eigenvalue weighted by Crippen LogP contribution is 2.26. The van der Waals surface area contributed by atoms with Crippen molar-refractivity contribution in [3.05, 3.63) is 94.6 Å². The van der Waals surface area contributed by atoms with E-state index in [1.54, 1.807) is 25.3 Å². The average Bonchev–Trinajstić information content (AvgIpc) is 3.22. The van der Waals surface area contributed by atoms with Gasteiger partial charge in [-0.1, -0.05) is 42.5 Å². The lowest BCUT2D eigenvalue weighted by molar-refractivity contribution is 0.414. The Morgan fingerprint density at radius 3 is 2.36 bits per heavy atom. The first kappa shape index (κ1) is 23.0. The van der Waals surface area contributed by atoms with E-state index in [4.69, 9.17) is 9.73 Å². The number of methoxy groups -OCH3 is 1. The van der Waals surface area contributed by atoms with Gasteiger partial charge in [-0.3, -0.25) is 0 Å². The van der Waals surface area contributed by atoms with Gasteiger partial charge in [0.05, 0.1) is 29.9 Å². The summed E-state index contributed by atoms with van der Waals surface area (Å²) in [5, 5.41) is 2.02. The number of para-hydroxylation sites is 1. The third-order valence-corrected chi connectivity index (χ3v) is 7.86. The van der Waals surface area contributed by atoms with Gasteiger partial charge in [0.25, 0.3) is 0 Å². The lowest BCUT2D eigenvalue weighted by Gasteiger charge is -2.14. The van der Waals surface area contributed by atoms with Crippen LogP contribution in [0.25, 0.3) is 11.3 Å². The average molecular weight is 480 g/mol. The minimum atomic E-state index is -3.54. The maximum atomic E-state index is 12.7. The number of hydrogen-bond donors (Lipinski definition) is 0. The lowest BCUT2D eigenvalue weighted by atomic mass is 10.1. The Balaban J connectivity index is 1.84. The molecule has 4 rings (SSSR count). The molecule has 0 aliphatic rings. The molecule has 170 valence electrons. The predicted molar refractivity (Wildman–Crippen MR) is 132 cm³/mol. The largest absolute Gasteiger partial charge is 0.497 e. The highest BCUT2D eigenvalue weighted by molar-refractivity contribution is 7.89. The zero-order chi connectivity index (χ0) is 23.4. The smallest absolute Gasteiger partial charge is 0.242 e. The van der Waals surface area contributed by atoms with Gasteiger partial charge in [0, 0.05) is 25.0 Å². The zero-order valence-electron chi connectivity index (χ0n) is 18.7. The quantitative estimate of drug-likeness (QED) is 0.384. The van der Waals surface area contributed by atoms with E-state index < -0.39 is 10.0 Å². The van der Waals surface area contributed by atoms with Gasteiger partial charge in [0.1, 0.15) is 5.75 Å². The molecular weight excluding hydrogens is 454 g/mol. The SMILES string of the molecule is COc1ccc(Cn2c(-c3cccc(S(=O)(=O)N(C)C)c3)csc2=Nc2ccccc2)cc1. The van der Waals surface area contributed by atoms with Gasteiger partial charge in [0.15, 0.2) is 4.80 Å². The predicted octanol–water partition coefficient (Wildman–Crippen LogP) is 4.76. The third-order valence-electron chi connectivity index (χ3n) is 5.19. The summed E-state index contributed by atoms with van der Waals surface area (Å²) in [6, 6.07) is 24.7. The van der Waals surface area contributed by atoms with Crippen LogP contribution in [-0.2, 0) is 16.6 Å². The summed E-state index contributed by atoms with van der Waals surface area (Å²) in [7, 11) is 1.18. The number of thiazole rings is 1. The second-order valence-corrected chi connectivity index (χ2v) is 10.6. The van der Waals surface area contributed by atoms with Crippen molar-refractivity contribution in [2.45, 2.75) is 11.4 Å². The van der Waals surface area contributed by atoms with E-state index in [9.17, 15) is 8.42 Å². The van der Waals surface area contributed by atoms with Gasteiger partial charge >= 0.3 is 0 Å². The second kappa shape index (κ2) is 9.74. The summed E-state index contributed by atoms with van der Waals surface area (Å²) in [5.41, 5.74) is 3.67. The number of aromatic nitrogens is 1. The molecule has 3 aromatic carbocycles. The Labute approximate surface area is 198 Å². The first-order valence-electron chi connectivity index (χ1n) is 10.3. The van der Waals surface area contributed by atoms with E-state index in [0.717, 1.165) is 33.1 Å². The molecule has 0 spiro atoms. The lowest BCUT2D eigenvalue weighted by Crippen LogP contribution is -2.22. The minimum Gasteiger partial charge on any atom is -0.497 e. The fourth-order valence-corrected chi connectivity index (χ4v) is 5.23.